The molecule has 2 unspecified atom stereocenters. The largest absolute Gasteiger partial charge is 0.314 e. The van der Waals surface area contributed by atoms with Crippen molar-refractivity contribution >= 4 is 11.3 Å². The summed E-state index contributed by atoms with van der Waals surface area (Å²) in [6, 6.07) is 5.88. The molecule has 0 radical (unpaired) electrons. The SMILES string of the molecule is Cc1ccc(CC(C)N2CCNCC2C(C)C)s1. The van der Waals surface area contributed by atoms with Gasteiger partial charge in [0.05, 0.1) is 0 Å². The van der Waals surface area contributed by atoms with Gasteiger partial charge in [0.25, 0.3) is 0 Å². The van der Waals surface area contributed by atoms with E-state index < -0.39 is 0 Å². The van der Waals surface area contributed by atoms with Crippen LogP contribution >= 0.6 is 11.3 Å². The summed E-state index contributed by atoms with van der Waals surface area (Å²) in [4.78, 5) is 5.66. The zero-order valence-corrected chi connectivity index (χ0v) is 12.9. The molecular formula is C15H26N2S. The van der Waals surface area contributed by atoms with Crippen LogP contribution in [0.1, 0.15) is 30.5 Å². The summed E-state index contributed by atoms with van der Waals surface area (Å²) in [5.41, 5.74) is 0. The van der Waals surface area contributed by atoms with E-state index in [0.29, 0.717) is 12.1 Å². The molecule has 1 saturated heterocycles. The van der Waals surface area contributed by atoms with Crippen molar-refractivity contribution in [3.63, 3.8) is 0 Å². The van der Waals surface area contributed by atoms with Gasteiger partial charge in [-0.15, -0.1) is 11.3 Å². The van der Waals surface area contributed by atoms with Gasteiger partial charge in [-0.2, -0.15) is 0 Å². The topological polar surface area (TPSA) is 15.3 Å². The third-order valence-corrected chi connectivity index (χ3v) is 4.98. The van der Waals surface area contributed by atoms with Crippen LogP contribution in [0.3, 0.4) is 0 Å². The average Bonchev–Trinajstić information content (AvgIpc) is 2.74. The summed E-state index contributed by atoms with van der Waals surface area (Å²) in [7, 11) is 0. The Kier molecular flexibility index (Phi) is 4.82. The van der Waals surface area contributed by atoms with Gasteiger partial charge in [-0.1, -0.05) is 13.8 Å². The Morgan fingerprint density at radius 3 is 2.78 bits per heavy atom. The van der Waals surface area contributed by atoms with Crippen molar-refractivity contribution in [1.29, 1.82) is 0 Å². The smallest absolute Gasteiger partial charge is 0.0247 e. The number of thiophene rings is 1. The molecule has 0 aliphatic carbocycles. The van der Waals surface area contributed by atoms with Crippen LogP contribution in [0.2, 0.25) is 0 Å². The molecule has 1 aromatic heterocycles. The van der Waals surface area contributed by atoms with Crippen molar-refractivity contribution in [3.05, 3.63) is 21.9 Å². The highest BCUT2D eigenvalue weighted by molar-refractivity contribution is 7.11. The summed E-state index contributed by atoms with van der Waals surface area (Å²) >= 11 is 1.95. The van der Waals surface area contributed by atoms with E-state index in [2.05, 4.69) is 50.0 Å². The third-order valence-electron chi connectivity index (χ3n) is 3.95. The lowest BCUT2D eigenvalue weighted by atomic mass is 9.98. The fraction of sp³-hybridized carbons (Fsp3) is 0.733. The number of rotatable bonds is 4. The Labute approximate surface area is 115 Å². The highest BCUT2D eigenvalue weighted by atomic mass is 32.1. The Balaban J connectivity index is 1.99. The highest BCUT2D eigenvalue weighted by Gasteiger charge is 2.28. The Morgan fingerprint density at radius 1 is 1.39 bits per heavy atom. The maximum atomic E-state index is 3.53. The first-order chi connectivity index (χ1) is 8.58. The minimum atomic E-state index is 0.651. The molecule has 2 rings (SSSR count). The molecule has 2 nitrogen and oxygen atoms in total. The van der Waals surface area contributed by atoms with Crippen LogP contribution in [0.25, 0.3) is 0 Å². The zero-order chi connectivity index (χ0) is 13.1. The van der Waals surface area contributed by atoms with Crippen LogP contribution in [0.15, 0.2) is 12.1 Å². The molecule has 0 bridgehead atoms. The molecule has 1 aliphatic heterocycles. The monoisotopic (exact) mass is 266 g/mol. The van der Waals surface area contributed by atoms with Gasteiger partial charge < -0.3 is 5.32 Å². The summed E-state index contributed by atoms with van der Waals surface area (Å²) in [5.74, 6) is 0.727. The van der Waals surface area contributed by atoms with Crippen molar-refractivity contribution in [1.82, 2.24) is 10.2 Å². The van der Waals surface area contributed by atoms with Gasteiger partial charge in [0.15, 0.2) is 0 Å². The maximum absolute atomic E-state index is 3.53. The third kappa shape index (κ3) is 3.34. The second-order valence-electron chi connectivity index (χ2n) is 5.82. The molecule has 18 heavy (non-hydrogen) atoms. The number of piperazine rings is 1. The molecule has 0 saturated carbocycles. The maximum Gasteiger partial charge on any atom is 0.0247 e. The van der Waals surface area contributed by atoms with Crippen molar-refractivity contribution in [2.45, 2.75) is 46.2 Å². The van der Waals surface area contributed by atoms with Crippen molar-refractivity contribution < 1.29 is 0 Å². The predicted molar refractivity (Wildman–Crippen MR) is 80.4 cm³/mol. The van der Waals surface area contributed by atoms with Gasteiger partial charge in [0.1, 0.15) is 0 Å². The van der Waals surface area contributed by atoms with Crippen molar-refractivity contribution in [2.75, 3.05) is 19.6 Å². The standard InChI is InChI=1S/C15H26N2S/c1-11(2)15-10-16-7-8-17(15)12(3)9-14-6-5-13(4)18-14/h5-6,11-12,15-16H,7-10H2,1-4H3. The molecule has 0 amide bonds. The molecule has 0 spiro atoms. The second-order valence-corrected chi connectivity index (χ2v) is 7.19. The molecule has 102 valence electrons. The van der Waals surface area contributed by atoms with Crippen LogP contribution in [0.5, 0.6) is 0 Å². The lowest BCUT2D eigenvalue weighted by molar-refractivity contribution is 0.0848. The summed E-state index contributed by atoms with van der Waals surface area (Å²) in [5, 5.41) is 3.53. The highest BCUT2D eigenvalue weighted by Crippen LogP contribution is 2.22. The van der Waals surface area contributed by atoms with Gasteiger partial charge in [-0.05, 0) is 38.3 Å². The van der Waals surface area contributed by atoms with Gasteiger partial charge in [0, 0.05) is 41.5 Å². The van der Waals surface area contributed by atoms with Gasteiger partial charge in [-0.25, -0.2) is 0 Å². The van der Waals surface area contributed by atoms with E-state index in [1.54, 1.807) is 0 Å². The van der Waals surface area contributed by atoms with Crippen LogP contribution in [0.4, 0.5) is 0 Å². The number of hydrogen-bond donors (Lipinski definition) is 1. The van der Waals surface area contributed by atoms with E-state index in [9.17, 15) is 0 Å². The lowest BCUT2D eigenvalue weighted by Gasteiger charge is -2.42. The number of aryl methyl sites for hydroxylation is 1. The van der Waals surface area contributed by atoms with Crippen LogP contribution in [-0.2, 0) is 6.42 Å². The fourth-order valence-corrected chi connectivity index (χ4v) is 3.92. The molecule has 2 heterocycles. The normalized spacial score (nSPS) is 23.5. The second kappa shape index (κ2) is 6.18. The fourth-order valence-electron chi connectivity index (χ4n) is 2.91. The summed E-state index contributed by atoms with van der Waals surface area (Å²) < 4.78 is 0. The first-order valence-corrected chi connectivity index (χ1v) is 7.91. The number of nitrogens with one attached hydrogen (secondary N) is 1. The molecule has 0 aromatic carbocycles. The first kappa shape index (κ1) is 14.0. The zero-order valence-electron chi connectivity index (χ0n) is 12.1. The molecule has 1 aliphatic rings. The average molecular weight is 266 g/mol. The van der Waals surface area contributed by atoms with Gasteiger partial charge in [-0.3, -0.25) is 4.90 Å². The van der Waals surface area contributed by atoms with E-state index in [-0.39, 0.29) is 0 Å². The Hall–Kier alpha value is -0.380. The van der Waals surface area contributed by atoms with Crippen molar-refractivity contribution in [3.8, 4) is 0 Å². The van der Waals surface area contributed by atoms with Crippen molar-refractivity contribution in [2.24, 2.45) is 5.92 Å². The quantitative estimate of drug-likeness (QED) is 0.901. The molecule has 1 N–H and O–H groups in total. The van der Waals surface area contributed by atoms with E-state index in [4.69, 9.17) is 0 Å². The molecule has 1 aromatic rings. The van der Waals surface area contributed by atoms with Crippen LogP contribution in [-0.4, -0.2) is 36.6 Å². The van der Waals surface area contributed by atoms with Gasteiger partial charge >= 0.3 is 0 Å². The molecule has 3 heteroatoms. The number of hydrogen-bond acceptors (Lipinski definition) is 3. The minimum absolute atomic E-state index is 0.651. The summed E-state index contributed by atoms with van der Waals surface area (Å²) in [6.07, 6.45) is 1.20. The molecule has 1 fully saturated rings. The van der Waals surface area contributed by atoms with Crippen LogP contribution in [0, 0.1) is 12.8 Å². The molecular weight excluding hydrogens is 240 g/mol. The van der Waals surface area contributed by atoms with Gasteiger partial charge in [0.2, 0.25) is 0 Å². The minimum Gasteiger partial charge on any atom is -0.314 e. The van der Waals surface area contributed by atoms with E-state index in [0.717, 1.165) is 19.0 Å². The van der Waals surface area contributed by atoms with E-state index >= 15 is 0 Å². The van der Waals surface area contributed by atoms with E-state index in [1.165, 1.54) is 22.7 Å². The first-order valence-electron chi connectivity index (χ1n) is 7.09. The van der Waals surface area contributed by atoms with E-state index in [1.807, 2.05) is 11.3 Å². The molecule has 2 atom stereocenters. The lowest BCUT2D eigenvalue weighted by Crippen LogP contribution is -2.56. The predicted octanol–water partition coefficient (Wildman–Crippen LogP) is 2.92. The Morgan fingerprint density at radius 2 is 2.17 bits per heavy atom. The number of nitrogens with zero attached hydrogens (tertiary/aromatic N) is 1. The summed E-state index contributed by atoms with van der Waals surface area (Å²) in [6.45, 7) is 12.7. The Bertz CT molecular complexity index is 372. The van der Waals surface area contributed by atoms with Crippen LogP contribution < -0.4 is 5.32 Å².